The first-order chi connectivity index (χ1) is 9.66. The Hall–Kier alpha value is -1.94. The van der Waals surface area contributed by atoms with Crippen LogP contribution in [0.1, 0.15) is 17.5 Å². The van der Waals surface area contributed by atoms with E-state index in [-0.39, 0.29) is 16.4 Å². The van der Waals surface area contributed by atoms with Crippen molar-refractivity contribution in [3.8, 4) is 0 Å². The summed E-state index contributed by atoms with van der Waals surface area (Å²) in [5, 5.41) is 3.20. The third kappa shape index (κ3) is 4.03. The van der Waals surface area contributed by atoms with Crippen molar-refractivity contribution in [2.24, 2.45) is 5.73 Å². The summed E-state index contributed by atoms with van der Waals surface area (Å²) in [4.78, 5) is 0.0816. The Bertz CT molecular complexity index is 584. The Morgan fingerprint density at radius 1 is 1.15 bits per heavy atom. The lowest BCUT2D eigenvalue weighted by molar-refractivity contribution is 0.626. The maximum atomic E-state index is 13.7. The van der Waals surface area contributed by atoms with E-state index in [1.807, 2.05) is 18.2 Å². The molecule has 0 radical (unpaired) electrons. The van der Waals surface area contributed by atoms with Gasteiger partial charge in [0.15, 0.2) is 0 Å². The summed E-state index contributed by atoms with van der Waals surface area (Å²) >= 11 is 4.77. The van der Waals surface area contributed by atoms with Gasteiger partial charge < -0.3 is 11.1 Å². The van der Waals surface area contributed by atoms with Crippen molar-refractivity contribution in [1.82, 2.24) is 0 Å². The minimum Gasteiger partial charge on any atom is -0.389 e. The summed E-state index contributed by atoms with van der Waals surface area (Å²) < 4.78 is 13.7. The largest absolute Gasteiger partial charge is 0.389 e. The van der Waals surface area contributed by atoms with Gasteiger partial charge in [-0.15, -0.1) is 0 Å². The van der Waals surface area contributed by atoms with E-state index in [2.05, 4.69) is 17.4 Å². The number of hydrogen-bond donors (Lipinski definition) is 2. The van der Waals surface area contributed by atoms with E-state index in [1.54, 1.807) is 12.1 Å². The summed E-state index contributed by atoms with van der Waals surface area (Å²) in [6.45, 7) is 0.792. The van der Waals surface area contributed by atoms with E-state index in [0.717, 1.165) is 25.1 Å². The number of aryl methyl sites for hydroxylation is 1. The van der Waals surface area contributed by atoms with Crippen molar-refractivity contribution in [3.63, 3.8) is 0 Å². The Balaban J connectivity index is 1.83. The predicted molar refractivity (Wildman–Crippen MR) is 85.5 cm³/mol. The number of rotatable bonds is 6. The fourth-order valence-electron chi connectivity index (χ4n) is 1.99. The molecule has 2 nitrogen and oxygen atoms in total. The second kappa shape index (κ2) is 7.01. The summed E-state index contributed by atoms with van der Waals surface area (Å²) in [7, 11) is 0. The van der Waals surface area contributed by atoms with Gasteiger partial charge >= 0.3 is 0 Å². The second-order valence-electron chi connectivity index (χ2n) is 4.57. The molecule has 4 heteroatoms. The van der Waals surface area contributed by atoms with Crippen LogP contribution in [-0.2, 0) is 6.42 Å². The van der Waals surface area contributed by atoms with Crippen LogP contribution in [0.15, 0.2) is 48.5 Å². The molecule has 104 valence electrons. The van der Waals surface area contributed by atoms with Crippen molar-refractivity contribution in [2.45, 2.75) is 12.8 Å². The zero-order chi connectivity index (χ0) is 14.4. The molecule has 0 aromatic heterocycles. The van der Waals surface area contributed by atoms with E-state index >= 15 is 0 Å². The SMILES string of the molecule is NC(=S)c1ccc(NCCCc2ccccc2)cc1F. The van der Waals surface area contributed by atoms with E-state index in [0.29, 0.717) is 0 Å². The molecule has 3 N–H and O–H groups in total. The van der Waals surface area contributed by atoms with Crippen molar-refractivity contribution < 1.29 is 4.39 Å². The Morgan fingerprint density at radius 2 is 1.90 bits per heavy atom. The van der Waals surface area contributed by atoms with Gasteiger partial charge in [-0.05, 0) is 36.6 Å². The standard InChI is InChI=1S/C16H17FN2S/c17-15-11-13(8-9-14(15)16(18)20)19-10-4-7-12-5-2-1-3-6-12/h1-3,5-6,8-9,11,19H,4,7,10H2,(H2,18,20). The molecule has 0 aliphatic rings. The summed E-state index contributed by atoms with van der Waals surface area (Å²) in [5.41, 5.74) is 7.76. The van der Waals surface area contributed by atoms with Crippen molar-refractivity contribution in [3.05, 3.63) is 65.5 Å². The lowest BCUT2D eigenvalue weighted by atomic mass is 10.1. The van der Waals surface area contributed by atoms with Gasteiger partial charge in [0.2, 0.25) is 0 Å². The molecular formula is C16H17FN2S. The highest BCUT2D eigenvalue weighted by Crippen LogP contribution is 2.14. The molecule has 2 aromatic carbocycles. The van der Waals surface area contributed by atoms with Crippen LogP contribution >= 0.6 is 12.2 Å². The normalized spacial score (nSPS) is 10.2. The number of nitrogens with one attached hydrogen (secondary N) is 1. The Morgan fingerprint density at radius 3 is 2.55 bits per heavy atom. The Labute approximate surface area is 123 Å². The van der Waals surface area contributed by atoms with Crippen molar-refractivity contribution in [1.29, 1.82) is 0 Å². The Kier molecular flexibility index (Phi) is 5.07. The number of thiocarbonyl (C=S) groups is 1. The molecule has 0 fully saturated rings. The lowest BCUT2D eigenvalue weighted by Gasteiger charge is -2.08. The highest BCUT2D eigenvalue weighted by molar-refractivity contribution is 7.80. The number of halogens is 1. The lowest BCUT2D eigenvalue weighted by Crippen LogP contribution is -2.12. The minimum atomic E-state index is -0.384. The van der Waals surface area contributed by atoms with E-state index in [1.165, 1.54) is 11.6 Å². The molecule has 0 bridgehead atoms. The molecule has 20 heavy (non-hydrogen) atoms. The third-order valence-corrected chi connectivity index (χ3v) is 3.27. The fourth-order valence-corrected chi connectivity index (χ4v) is 2.16. The van der Waals surface area contributed by atoms with Crippen LogP contribution in [0.25, 0.3) is 0 Å². The minimum absolute atomic E-state index is 0.0816. The first-order valence-corrected chi connectivity index (χ1v) is 6.95. The van der Waals surface area contributed by atoms with E-state index < -0.39 is 0 Å². The molecule has 0 heterocycles. The first-order valence-electron chi connectivity index (χ1n) is 6.54. The maximum Gasteiger partial charge on any atom is 0.135 e. The van der Waals surface area contributed by atoms with Gasteiger partial charge in [0, 0.05) is 17.8 Å². The van der Waals surface area contributed by atoms with E-state index in [4.69, 9.17) is 18.0 Å². The number of nitrogens with two attached hydrogens (primary N) is 1. The zero-order valence-electron chi connectivity index (χ0n) is 11.1. The highest BCUT2D eigenvalue weighted by Gasteiger charge is 2.05. The van der Waals surface area contributed by atoms with Gasteiger partial charge in [0.1, 0.15) is 10.8 Å². The van der Waals surface area contributed by atoms with Gasteiger partial charge in [-0.1, -0.05) is 42.5 Å². The maximum absolute atomic E-state index is 13.7. The van der Waals surface area contributed by atoms with E-state index in [9.17, 15) is 4.39 Å². The van der Waals surface area contributed by atoms with Crippen LogP contribution in [0, 0.1) is 5.82 Å². The van der Waals surface area contributed by atoms with Crippen LogP contribution in [0.5, 0.6) is 0 Å². The molecule has 0 amide bonds. The molecule has 0 saturated carbocycles. The van der Waals surface area contributed by atoms with Crippen molar-refractivity contribution in [2.75, 3.05) is 11.9 Å². The van der Waals surface area contributed by atoms with Gasteiger partial charge in [-0.25, -0.2) is 4.39 Å². The number of anilines is 1. The quantitative estimate of drug-likeness (QED) is 0.631. The van der Waals surface area contributed by atoms with Gasteiger partial charge in [0.25, 0.3) is 0 Å². The average Bonchev–Trinajstić information content (AvgIpc) is 2.44. The third-order valence-electron chi connectivity index (χ3n) is 3.05. The summed E-state index contributed by atoms with van der Waals surface area (Å²) in [6.07, 6.45) is 1.99. The average molecular weight is 288 g/mol. The van der Waals surface area contributed by atoms with Gasteiger partial charge in [-0.3, -0.25) is 0 Å². The zero-order valence-corrected chi connectivity index (χ0v) is 11.9. The molecule has 0 aliphatic heterocycles. The van der Waals surface area contributed by atoms with Crippen LogP contribution in [0.3, 0.4) is 0 Å². The molecule has 0 spiro atoms. The summed E-state index contributed by atoms with van der Waals surface area (Å²) in [6, 6.07) is 15.1. The molecule has 0 atom stereocenters. The fraction of sp³-hybridized carbons (Fsp3) is 0.188. The molecule has 0 saturated heterocycles. The van der Waals surface area contributed by atoms with Gasteiger partial charge in [-0.2, -0.15) is 0 Å². The van der Waals surface area contributed by atoms with Gasteiger partial charge in [0.05, 0.1) is 0 Å². The molecule has 2 rings (SSSR count). The number of benzene rings is 2. The number of hydrogen-bond acceptors (Lipinski definition) is 2. The first kappa shape index (κ1) is 14.5. The second-order valence-corrected chi connectivity index (χ2v) is 5.01. The monoisotopic (exact) mass is 288 g/mol. The molecule has 2 aromatic rings. The van der Waals surface area contributed by atoms with Crippen LogP contribution in [0.4, 0.5) is 10.1 Å². The highest BCUT2D eigenvalue weighted by atomic mass is 32.1. The van der Waals surface area contributed by atoms with Crippen molar-refractivity contribution >= 4 is 22.9 Å². The molecular weight excluding hydrogens is 271 g/mol. The predicted octanol–water partition coefficient (Wildman–Crippen LogP) is 3.50. The van der Waals surface area contributed by atoms with Crippen LogP contribution in [0.2, 0.25) is 0 Å². The summed E-state index contributed by atoms with van der Waals surface area (Å²) in [5.74, 6) is -0.384. The topological polar surface area (TPSA) is 38.0 Å². The molecule has 0 unspecified atom stereocenters. The molecule has 0 aliphatic carbocycles. The van der Waals surface area contributed by atoms with Crippen LogP contribution in [-0.4, -0.2) is 11.5 Å². The smallest absolute Gasteiger partial charge is 0.135 e. The van der Waals surface area contributed by atoms with Crippen LogP contribution < -0.4 is 11.1 Å².